The minimum atomic E-state index is 0.753. The molecule has 1 aliphatic heterocycles. The van der Waals surface area contributed by atoms with Crippen LogP contribution in [0.2, 0.25) is 0 Å². The first-order valence-electron chi connectivity index (χ1n) is 6.67. The number of hydrogen-bond donors (Lipinski definition) is 1. The van der Waals surface area contributed by atoms with E-state index in [1.165, 1.54) is 25.9 Å². The third kappa shape index (κ3) is 5.28. The number of nitrogens with one attached hydrogen (secondary N) is 1. The summed E-state index contributed by atoms with van der Waals surface area (Å²) in [5, 5.41) is 3.57. The van der Waals surface area contributed by atoms with Crippen LogP contribution in [-0.2, 0) is 4.74 Å². The molecule has 0 aliphatic carbocycles. The second-order valence-electron chi connectivity index (χ2n) is 5.23. The Morgan fingerprint density at radius 3 is 2.94 bits per heavy atom. The lowest BCUT2D eigenvalue weighted by molar-refractivity contribution is 0.166. The Hall–Kier alpha value is -0.120. The van der Waals surface area contributed by atoms with Crippen molar-refractivity contribution < 1.29 is 4.74 Å². The first-order valence-corrected chi connectivity index (χ1v) is 6.67. The van der Waals surface area contributed by atoms with E-state index in [4.69, 9.17) is 4.74 Å². The summed E-state index contributed by atoms with van der Waals surface area (Å²) in [4.78, 5) is 2.62. The van der Waals surface area contributed by atoms with Crippen molar-refractivity contribution in [1.29, 1.82) is 0 Å². The summed E-state index contributed by atoms with van der Waals surface area (Å²) in [6.45, 7) is 10.2. The molecule has 0 aromatic carbocycles. The summed E-state index contributed by atoms with van der Waals surface area (Å²) >= 11 is 0. The van der Waals surface area contributed by atoms with Crippen LogP contribution in [0.1, 0.15) is 33.1 Å². The maximum atomic E-state index is 5.11. The monoisotopic (exact) mass is 228 g/mol. The molecule has 1 fully saturated rings. The lowest BCUT2D eigenvalue weighted by Crippen LogP contribution is -2.39. The molecule has 0 aromatic heterocycles. The zero-order valence-electron chi connectivity index (χ0n) is 11.2. The molecule has 3 nitrogen and oxygen atoms in total. The highest BCUT2D eigenvalue weighted by atomic mass is 16.5. The normalized spacial score (nSPS) is 22.1. The van der Waals surface area contributed by atoms with Crippen LogP contribution in [0.4, 0.5) is 0 Å². The molecule has 0 aromatic rings. The highest BCUT2D eigenvalue weighted by Gasteiger charge is 2.23. The Kier molecular flexibility index (Phi) is 7.01. The largest absolute Gasteiger partial charge is 0.385 e. The van der Waals surface area contributed by atoms with E-state index in [2.05, 4.69) is 24.1 Å². The SMILES string of the molecule is COCCCN1CCCC1CNCC(C)C. The summed E-state index contributed by atoms with van der Waals surface area (Å²) in [7, 11) is 1.78. The summed E-state index contributed by atoms with van der Waals surface area (Å²) in [5.41, 5.74) is 0. The van der Waals surface area contributed by atoms with Gasteiger partial charge in [-0.1, -0.05) is 13.8 Å². The second kappa shape index (κ2) is 8.04. The minimum Gasteiger partial charge on any atom is -0.385 e. The van der Waals surface area contributed by atoms with Crippen LogP contribution in [0, 0.1) is 5.92 Å². The third-order valence-electron chi connectivity index (χ3n) is 3.23. The predicted octanol–water partition coefficient (Wildman–Crippen LogP) is 1.73. The average Bonchev–Trinajstić information content (AvgIpc) is 2.66. The molecule has 1 aliphatic rings. The van der Waals surface area contributed by atoms with Gasteiger partial charge in [-0.2, -0.15) is 0 Å². The quantitative estimate of drug-likeness (QED) is 0.640. The first-order chi connectivity index (χ1) is 7.74. The Labute approximate surface area is 101 Å². The van der Waals surface area contributed by atoms with E-state index >= 15 is 0 Å². The van der Waals surface area contributed by atoms with Crippen molar-refractivity contribution in [1.82, 2.24) is 10.2 Å². The number of nitrogens with zero attached hydrogens (tertiary/aromatic N) is 1. The van der Waals surface area contributed by atoms with Crippen LogP contribution in [0.5, 0.6) is 0 Å². The molecule has 16 heavy (non-hydrogen) atoms. The van der Waals surface area contributed by atoms with Gasteiger partial charge in [-0.3, -0.25) is 4.90 Å². The molecular formula is C13H28N2O. The highest BCUT2D eigenvalue weighted by molar-refractivity contribution is 4.80. The Bertz CT molecular complexity index is 173. The van der Waals surface area contributed by atoms with Crippen LogP contribution in [0.15, 0.2) is 0 Å². The molecule has 1 atom stereocenters. The van der Waals surface area contributed by atoms with E-state index < -0.39 is 0 Å². The smallest absolute Gasteiger partial charge is 0.0474 e. The predicted molar refractivity (Wildman–Crippen MR) is 68.8 cm³/mol. The van der Waals surface area contributed by atoms with Gasteiger partial charge in [0.2, 0.25) is 0 Å². The van der Waals surface area contributed by atoms with Crippen molar-refractivity contribution in [3.05, 3.63) is 0 Å². The molecule has 1 rings (SSSR count). The van der Waals surface area contributed by atoms with Crippen molar-refractivity contribution in [3.8, 4) is 0 Å². The molecule has 0 bridgehead atoms. The number of likely N-dealkylation sites (tertiary alicyclic amines) is 1. The highest BCUT2D eigenvalue weighted by Crippen LogP contribution is 2.16. The topological polar surface area (TPSA) is 24.5 Å². The second-order valence-corrected chi connectivity index (χ2v) is 5.23. The summed E-state index contributed by atoms with van der Waals surface area (Å²) in [6, 6.07) is 0.760. The maximum absolute atomic E-state index is 5.11. The zero-order valence-corrected chi connectivity index (χ0v) is 11.2. The van der Waals surface area contributed by atoms with Crippen molar-refractivity contribution in [3.63, 3.8) is 0 Å². The van der Waals surface area contributed by atoms with Gasteiger partial charge in [0.05, 0.1) is 0 Å². The first kappa shape index (κ1) is 13.9. The third-order valence-corrected chi connectivity index (χ3v) is 3.23. The maximum Gasteiger partial charge on any atom is 0.0474 e. The van der Waals surface area contributed by atoms with E-state index in [1.54, 1.807) is 7.11 Å². The van der Waals surface area contributed by atoms with Gasteiger partial charge in [-0.05, 0) is 38.3 Å². The fraction of sp³-hybridized carbons (Fsp3) is 1.00. The molecule has 96 valence electrons. The fourth-order valence-corrected chi connectivity index (χ4v) is 2.37. The van der Waals surface area contributed by atoms with Gasteiger partial charge in [0.15, 0.2) is 0 Å². The van der Waals surface area contributed by atoms with Gasteiger partial charge >= 0.3 is 0 Å². The number of rotatable bonds is 8. The van der Waals surface area contributed by atoms with Crippen molar-refractivity contribution in [2.45, 2.75) is 39.2 Å². The van der Waals surface area contributed by atoms with E-state index in [1.807, 2.05) is 0 Å². The number of hydrogen-bond acceptors (Lipinski definition) is 3. The molecule has 0 saturated carbocycles. The molecule has 3 heteroatoms. The van der Waals surface area contributed by atoms with Crippen LogP contribution in [0.3, 0.4) is 0 Å². The lowest BCUT2D eigenvalue weighted by Gasteiger charge is -2.25. The van der Waals surface area contributed by atoms with Crippen molar-refractivity contribution >= 4 is 0 Å². The van der Waals surface area contributed by atoms with E-state index in [9.17, 15) is 0 Å². The van der Waals surface area contributed by atoms with Gasteiger partial charge in [0.25, 0.3) is 0 Å². The van der Waals surface area contributed by atoms with Gasteiger partial charge < -0.3 is 10.1 Å². The van der Waals surface area contributed by atoms with Crippen LogP contribution in [-0.4, -0.2) is 50.8 Å². The van der Waals surface area contributed by atoms with E-state index in [0.717, 1.165) is 38.1 Å². The summed E-state index contributed by atoms with van der Waals surface area (Å²) < 4.78 is 5.11. The van der Waals surface area contributed by atoms with Crippen molar-refractivity contribution in [2.75, 3.05) is 39.9 Å². The standard InChI is InChI=1S/C13H28N2O/c1-12(2)10-14-11-13-6-4-7-15(13)8-5-9-16-3/h12-14H,4-11H2,1-3H3. The Morgan fingerprint density at radius 1 is 1.44 bits per heavy atom. The van der Waals surface area contributed by atoms with Gasteiger partial charge in [0.1, 0.15) is 0 Å². The molecule has 1 unspecified atom stereocenters. The van der Waals surface area contributed by atoms with Crippen LogP contribution >= 0.6 is 0 Å². The minimum absolute atomic E-state index is 0.753. The van der Waals surface area contributed by atoms with Crippen LogP contribution < -0.4 is 5.32 Å². The Morgan fingerprint density at radius 2 is 2.25 bits per heavy atom. The van der Waals surface area contributed by atoms with Gasteiger partial charge in [0, 0.05) is 32.8 Å². The van der Waals surface area contributed by atoms with E-state index in [-0.39, 0.29) is 0 Å². The summed E-state index contributed by atoms with van der Waals surface area (Å²) in [5.74, 6) is 0.753. The molecule has 1 N–H and O–H groups in total. The molecular weight excluding hydrogens is 200 g/mol. The number of ether oxygens (including phenoxy) is 1. The van der Waals surface area contributed by atoms with Crippen molar-refractivity contribution in [2.24, 2.45) is 5.92 Å². The molecule has 0 amide bonds. The Balaban J connectivity index is 2.13. The number of methoxy groups -OCH3 is 1. The molecule has 0 radical (unpaired) electrons. The fourth-order valence-electron chi connectivity index (χ4n) is 2.37. The van der Waals surface area contributed by atoms with Gasteiger partial charge in [-0.15, -0.1) is 0 Å². The molecule has 1 heterocycles. The van der Waals surface area contributed by atoms with Crippen LogP contribution in [0.25, 0.3) is 0 Å². The van der Waals surface area contributed by atoms with Gasteiger partial charge in [-0.25, -0.2) is 0 Å². The molecule has 0 spiro atoms. The molecule has 1 saturated heterocycles. The van der Waals surface area contributed by atoms with E-state index in [0.29, 0.717) is 0 Å². The zero-order chi connectivity index (χ0) is 11.8. The lowest BCUT2D eigenvalue weighted by atomic mass is 10.2. The summed E-state index contributed by atoms with van der Waals surface area (Å²) in [6.07, 6.45) is 3.89. The average molecular weight is 228 g/mol.